The van der Waals surface area contributed by atoms with Crippen molar-refractivity contribution in [1.82, 2.24) is 9.97 Å². The van der Waals surface area contributed by atoms with E-state index in [-0.39, 0.29) is 13.2 Å². The largest absolute Gasteiger partial charge is 0.466 e. The molecule has 1 N–H and O–H groups in total. The van der Waals surface area contributed by atoms with Crippen LogP contribution in [0.5, 0.6) is 0 Å². The number of rotatable bonds is 8. The van der Waals surface area contributed by atoms with E-state index in [1.807, 2.05) is 5.32 Å². The summed E-state index contributed by atoms with van der Waals surface area (Å²) >= 11 is 6.01. The maximum Gasteiger partial charge on any atom is 0.408 e. The van der Waals surface area contributed by atoms with Crippen molar-refractivity contribution in [2.75, 3.05) is 18.5 Å². The van der Waals surface area contributed by atoms with E-state index in [9.17, 15) is 31.1 Å². The van der Waals surface area contributed by atoms with Crippen molar-refractivity contribution in [1.29, 1.82) is 0 Å². The minimum atomic E-state index is -4.76. The Balaban J connectivity index is 2.51. The first-order chi connectivity index (χ1) is 15.3. The van der Waals surface area contributed by atoms with Crippen LogP contribution in [0, 0.1) is 23.4 Å². The summed E-state index contributed by atoms with van der Waals surface area (Å²) < 4.78 is 86.0. The first kappa shape index (κ1) is 26.3. The lowest BCUT2D eigenvalue weighted by molar-refractivity contribution is -0.147. The number of hydrogen-bond acceptors (Lipinski definition) is 7. The standard InChI is InChI=1S/C19H18ClF6N5O2/c1-4-33-17(32)8(2)7-27-31-18-29-15(20)14(13-11(22)5-10(21)6-12(13)23)16(30-18)28-9(3)19(24,25)26/h5-6,8-9H,4,7H2,1-3H3,(H,28,29,30)/t8?,9-/m0/s1. The van der Waals surface area contributed by atoms with Crippen LogP contribution in [0.4, 0.5) is 38.1 Å². The van der Waals surface area contributed by atoms with Crippen molar-refractivity contribution >= 4 is 29.3 Å². The summed E-state index contributed by atoms with van der Waals surface area (Å²) in [4.78, 5) is 19.0. The molecule has 0 bridgehead atoms. The van der Waals surface area contributed by atoms with E-state index >= 15 is 0 Å². The van der Waals surface area contributed by atoms with Gasteiger partial charge in [0.2, 0.25) is 0 Å². The van der Waals surface area contributed by atoms with Crippen LogP contribution in [0.25, 0.3) is 11.1 Å². The highest BCUT2D eigenvalue weighted by molar-refractivity contribution is 6.32. The molecule has 1 heterocycles. The SMILES string of the molecule is CCOC(=O)C(C)CN=Nc1nc(Cl)c(-c2c(F)cc(F)cc2F)c(N[C@@H](C)C(F)(F)F)n1. The van der Waals surface area contributed by atoms with Gasteiger partial charge in [0.25, 0.3) is 5.95 Å². The molecule has 0 aliphatic carbocycles. The molecular weight excluding hydrogens is 480 g/mol. The quantitative estimate of drug-likeness (QED) is 0.213. The molecule has 2 rings (SSSR count). The third-order valence-corrected chi connectivity index (χ3v) is 4.43. The number of azo groups is 1. The van der Waals surface area contributed by atoms with Gasteiger partial charge < -0.3 is 10.1 Å². The van der Waals surface area contributed by atoms with Crippen LogP contribution in [-0.4, -0.2) is 41.3 Å². The maximum atomic E-state index is 14.3. The van der Waals surface area contributed by atoms with E-state index in [1.54, 1.807) is 6.92 Å². The van der Waals surface area contributed by atoms with E-state index < -0.39 is 69.6 Å². The Bertz CT molecular complexity index is 1030. The number of aromatic nitrogens is 2. The molecule has 0 saturated carbocycles. The number of nitrogens with one attached hydrogen (secondary N) is 1. The second kappa shape index (κ2) is 10.8. The normalized spacial score (nSPS) is 13.8. The van der Waals surface area contributed by atoms with Gasteiger partial charge in [0.05, 0.1) is 30.2 Å². The molecule has 0 fully saturated rings. The van der Waals surface area contributed by atoms with E-state index in [4.69, 9.17) is 16.3 Å². The molecule has 0 radical (unpaired) electrons. The summed E-state index contributed by atoms with van der Waals surface area (Å²) in [6, 6.07) is -1.56. The third-order valence-electron chi connectivity index (χ3n) is 4.16. The zero-order chi connectivity index (χ0) is 24.9. The Morgan fingerprint density at radius 2 is 1.76 bits per heavy atom. The number of nitrogens with zero attached hydrogens (tertiary/aromatic N) is 4. The summed E-state index contributed by atoms with van der Waals surface area (Å²) in [7, 11) is 0. The smallest absolute Gasteiger partial charge is 0.408 e. The molecule has 33 heavy (non-hydrogen) atoms. The van der Waals surface area contributed by atoms with Crippen LogP contribution in [0.15, 0.2) is 22.4 Å². The Morgan fingerprint density at radius 1 is 1.15 bits per heavy atom. The number of esters is 1. The zero-order valence-corrected chi connectivity index (χ0v) is 18.2. The Kier molecular flexibility index (Phi) is 8.58. The first-order valence-corrected chi connectivity index (χ1v) is 9.82. The van der Waals surface area contributed by atoms with Crippen molar-refractivity contribution in [2.45, 2.75) is 33.0 Å². The highest BCUT2D eigenvalue weighted by Crippen LogP contribution is 2.39. The summed E-state index contributed by atoms with van der Waals surface area (Å²) in [6.45, 7) is 3.85. The van der Waals surface area contributed by atoms with E-state index in [1.165, 1.54) is 6.92 Å². The van der Waals surface area contributed by atoms with Crippen molar-refractivity contribution in [3.63, 3.8) is 0 Å². The van der Waals surface area contributed by atoms with Gasteiger partial charge in [-0.05, 0) is 13.8 Å². The molecule has 0 amide bonds. The molecule has 1 unspecified atom stereocenters. The summed E-state index contributed by atoms with van der Waals surface area (Å²) in [5.74, 6) is -6.60. The van der Waals surface area contributed by atoms with Gasteiger partial charge in [-0.2, -0.15) is 28.3 Å². The number of ether oxygens (including phenoxy) is 1. The van der Waals surface area contributed by atoms with E-state index in [2.05, 4.69) is 20.2 Å². The lowest BCUT2D eigenvalue weighted by Crippen LogP contribution is -2.33. The van der Waals surface area contributed by atoms with Gasteiger partial charge in [-0.1, -0.05) is 18.5 Å². The average Bonchev–Trinajstić information content (AvgIpc) is 2.68. The number of alkyl halides is 3. The first-order valence-electron chi connectivity index (χ1n) is 9.44. The molecule has 0 spiro atoms. The fraction of sp³-hybridized carbons (Fsp3) is 0.421. The molecule has 14 heteroatoms. The van der Waals surface area contributed by atoms with Crippen molar-refractivity contribution in [2.24, 2.45) is 16.1 Å². The van der Waals surface area contributed by atoms with Crippen molar-refractivity contribution < 1.29 is 35.9 Å². The number of benzene rings is 1. The van der Waals surface area contributed by atoms with Crippen LogP contribution in [0.3, 0.4) is 0 Å². The Morgan fingerprint density at radius 3 is 2.30 bits per heavy atom. The summed E-state index contributed by atoms with van der Waals surface area (Å²) in [6.07, 6.45) is -4.76. The lowest BCUT2D eigenvalue weighted by Gasteiger charge is -2.20. The van der Waals surface area contributed by atoms with Gasteiger partial charge in [0, 0.05) is 12.1 Å². The zero-order valence-electron chi connectivity index (χ0n) is 17.5. The van der Waals surface area contributed by atoms with Crippen molar-refractivity contribution in [3.8, 4) is 11.1 Å². The third kappa shape index (κ3) is 6.76. The Hall–Kier alpha value is -2.96. The molecular formula is C19H18ClF6N5O2. The second-order valence-corrected chi connectivity index (χ2v) is 7.13. The molecule has 1 aromatic carbocycles. The molecule has 180 valence electrons. The number of hydrogen-bond donors (Lipinski definition) is 1. The fourth-order valence-electron chi connectivity index (χ4n) is 2.45. The fourth-order valence-corrected chi connectivity index (χ4v) is 2.71. The molecule has 2 aromatic rings. The number of halogens is 7. The van der Waals surface area contributed by atoms with Gasteiger partial charge >= 0.3 is 12.1 Å². The molecule has 1 aromatic heterocycles. The van der Waals surface area contributed by atoms with Crippen LogP contribution in [-0.2, 0) is 9.53 Å². The minimum Gasteiger partial charge on any atom is -0.466 e. The minimum absolute atomic E-state index is 0.156. The molecule has 0 aliphatic rings. The average molecular weight is 498 g/mol. The number of carbonyl (C=O) groups is 1. The number of anilines is 1. The van der Waals surface area contributed by atoms with Gasteiger partial charge in [-0.25, -0.2) is 13.2 Å². The van der Waals surface area contributed by atoms with E-state index in [0.717, 1.165) is 6.92 Å². The Labute approximate surface area is 189 Å². The number of carbonyl (C=O) groups excluding carboxylic acids is 1. The predicted octanol–water partition coefficient (Wildman–Crippen LogP) is 5.86. The van der Waals surface area contributed by atoms with Crippen LogP contribution in [0.1, 0.15) is 20.8 Å². The molecule has 0 aliphatic heterocycles. The van der Waals surface area contributed by atoms with Crippen LogP contribution >= 0.6 is 11.6 Å². The molecule has 7 nitrogen and oxygen atoms in total. The van der Waals surface area contributed by atoms with Crippen molar-refractivity contribution in [3.05, 3.63) is 34.7 Å². The highest BCUT2D eigenvalue weighted by atomic mass is 35.5. The van der Waals surface area contributed by atoms with Gasteiger partial charge in [0.15, 0.2) is 0 Å². The van der Waals surface area contributed by atoms with Crippen LogP contribution < -0.4 is 5.32 Å². The van der Waals surface area contributed by atoms with Gasteiger partial charge in [0.1, 0.15) is 34.5 Å². The maximum absolute atomic E-state index is 14.3. The lowest BCUT2D eigenvalue weighted by atomic mass is 10.1. The topological polar surface area (TPSA) is 88.8 Å². The second-order valence-electron chi connectivity index (χ2n) is 6.77. The predicted molar refractivity (Wildman–Crippen MR) is 107 cm³/mol. The van der Waals surface area contributed by atoms with Crippen LogP contribution in [0.2, 0.25) is 5.15 Å². The summed E-state index contributed by atoms with van der Waals surface area (Å²) in [5.41, 5.74) is -1.60. The highest BCUT2D eigenvalue weighted by Gasteiger charge is 2.37. The van der Waals surface area contributed by atoms with Gasteiger partial charge in [-0.15, -0.1) is 5.11 Å². The van der Waals surface area contributed by atoms with Gasteiger partial charge in [-0.3, -0.25) is 4.79 Å². The monoisotopic (exact) mass is 497 g/mol. The summed E-state index contributed by atoms with van der Waals surface area (Å²) in [5, 5.41) is 8.61. The molecule has 2 atom stereocenters. The van der Waals surface area contributed by atoms with E-state index in [0.29, 0.717) is 12.1 Å². The molecule has 0 saturated heterocycles.